The SMILES string of the molecule is O=C(OCc1cccnc1)C(=O)OCc1cccnc1. The van der Waals surface area contributed by atoms with Crippen molar-refractivity contribution in [3.8, 4) is 0 Å². The lowest BCUT2D eigenvalue weighted by molar-refractivity contribution is -0.169. The van der Waals surface area contributed by atoms with Gasteiger partial charge >= 0.3 is 11.9 Å². The smallest absolute Gasteiger partial charge is 0.417 e. The van der Waals surface area contributed by atoms with Crippen molar-refractivity contribution in [1.82, 2.24) is 9.97 Å². The van der Waals surface area contributed by atoms with Crippen molar-refractivity contribution in [2.24, 2.45) is 0 Å². The summed E-state index contributed by atoms with van der Waals surface area (Å²) in [6.07, 6.45) is 6.31. The van der Waals surface area contributed by atoms with E-state index in [9.17, 15) is 9.59 Å². The maximum absolute atomic E-state index is 11.4. The van der Waals surface area contributed by atoms with Gasteiger partial charge in [0.15, 0.2) is 0 Å². The molecule has 2 aromatic heterocycles. The fraction of sp³-hybridized carbons (Fsp3) is 0.143. The molecule has 0 amide bonds. The van der Waals surface area contributed by atoms with Crippen LogP contribution < -0.4 is 0 Å². The third-order valence-electron chi connectivity index (χ3n) is 2.35. The second kappa shape index (κ2) is 6.98. The third kappa shape index (κ3) is 4.16. The Kier molecular flexibility index (Phi) is 4.77. The Morgan fingerprint density at radius 1 is 0.850 bits per heavy atom. The summed E-state index contributed by atoms with van der Waals surface area (Å²) in [5.41, 5.74) is 1.39. The third-order valence-corrected chi connectivity index (χ3v) is 2.35. The lowest BCUT2D eigenvalue weighted by atomic mass is 10.3. The van der Waals surface area contributed by atoms with Crippen LogP contribution in [-0.2, 0) is 32.3 Å². The molecule has 20 heavy (non-hydrogen) atoms. The minimum atomic E-state index is -1.03. The van der Waals surface area contributed by atoms with Crippen LogP contribution in [0.3, 0.4) is 0 Å². The van der Waals surface area contributed by atoms with Crippen molar-refractivity contribution in [3.63, 3.8) is 0 Å². The Balaban J connectivity index is 1.76. The van der Waals surface area contributed by atoms with Crippen LogP contribution in [0.1, 0.15) is 11.1 Å². The lowest BCUT2D eigenvalue weighted by Gasteiger charge is -2.05. The average molecular weight is 272 g/mol. The number of rotatable bonds is 4. The molecular weight excluding hydrogens is 260 g/mol. The molecule has 102 valence electrons. The van der Waals surface area contributed by atoms with Crippen molar-refractivity contribution in [3.05, 3.63) is 60.2 Å². The monoisotopic (exact) mass is 272 g/mol. The Hall–Kier alpha value is -2.76. The van der Waals surface area contributed by atoms with Gasteiger partial charge in [0.05, 0.1) is 0 Å². The van der Waals surface area contributed by atoms with Crippen LogP contribution in [0.25, 0.3) is 0 Å². The van der Waals surface area contributed by atoms with Crippen molar-refractivity contribution in [2.45, 2.75) is 13.2 Å². The quantitative estimate of drug-likeness (QED) is 0.616. The van der Waals surface area contributed by atoms with Crippen molar-refractivity contribution in [1.29, 1.82) is 0 Å². The number of carbonyl (C=O) groups excluding carboxylic acids is 2. The van der Waals surface area contributed by atoms with E-state index in [2.05, 4.69) is 9.97 Å². The summed E-state index contributed by atoms with van der Waals surface area (Å²) in [5.74, 6) is -2.06. The molecule has 0 saturated carbocycles. The molecule has 0 saturated heterocycles. The Morgan fingerprint density at radius 3 is 1.65 bits per heavy atom. The highest BCUT2D eigenvalue weighted by Crippen LogP contribution is 2.01. The molecule has 0 unspecified atom stereocenters. The van der Waals surface area contributed by atoms with E-state index in [0.29, 0.717) is 11.1 Å². The first-order valence-electron chi connectivity index (χ1n) is 5.87. The predicted octanol–water partition coefficient (Wildman–Crippen LogP) is 1.26. The molecule has 0 aliphatic carbocycles. The maximum Gasteiger partial charge on any atom is 0.417 e. The summed E-state index contributed by atoms with van der Waals surface area (Å²) in [6.45, 7) is -0.0384. The van der Waals surface area contributed by atoms with E-state index in [-0.39, 0.29) is 13.2 Å². The van der Waals surface area contributed by atoms with E-state index >= 15 is 0 Å². The van der Waals surface area contributed by atoms with Crippen LogP contribution >= 0.6 is 0 Å². The molecule has 2 aromatic rings. The zero-order chi connectivity index (χ0) is 14.2. The number of aromatic nitrogens is 2. The highest BCUT2D eigenvalue weighted by molar-refractivity contribution is 6.29. The number of hydrogen-bond acceptors (Lipinski definition) is 6. The van der Waals surface area contributed by atoms with Gasteiger partial charge in [-0.3, -0.25) is 9.97 Å². The molecular formula is C14H12N2O4. The average Bonchev–Trinajstić information content (AvgIpc) is 2.52. The van der Waals surface area contributed by atoms with Crippen molar-refractivity contribution < 1.29 is 19.1 Å². The molecule has 0 radical (unpaired) electrons. The number of ether oxygens (including phenoxy) is 2. The fourth-order valence-corrected chi connectivity index (χ4v) is 1.38. The molecule has 0 spiro atoms. The number of esters is 2. The minimum absolute atomic E-state index is 0.0192. The standard InChI is InChI=1S/C14H12N2O4/c17-13(19-9-11-3-1-5-15-7-11)14(18)20-10-12-4-2-6-16-8-12/h1-8H,9-10H2. The van der Waals surface area contributed by atoms with Crippen LogP contribution in [0.5, 0.6) is 0 Å². The molecule has 2 rings (SSSR count). The van der Waals surface area contributed by atoms with Gasteiger partial charge in [0.2, 0.25) is 0 Å². The van der Waals surface area contributed by atoms with Gasteiger partial charge in [-0.1, -0.05) is 12.1 Å². The van der Waals surface area contributed by atoms with Gasteiger partial charge in [0.25, 0.3) is 0 Å². The Bertz CT molecular complexity index is 519. The second-order valence-electron chi connectivity index (χ2n) is 3.87. The molecule has 0 aliphatic rings. The largest absolute Gasteiger partial charge is 0.452 e. The molecule has 6 heteroatoms. The van der Waals surface area contributed by atoms with Gasteiger partial charge < -0.3 is 9.47 Å². The van der Waals surface area contributed by atoms with Crippen molar-refractivity contribution >= 4 is 11.9 Å². The summed E-state index contributed by atoms with van der Waals surface area (Å²) in [7, 11) is 0. The molecule has 0 atom stereocenters. The van der Waals surface area contributed by atoms with Gasteiger partial charge in [-0.15, -0.1) is 0 Å². The molecule has 2 heterocycles. The van der Waals surface area contributed by atoms with Gasteiger partial charge in [-0.25, -0.2) is 9.59 Å². The van der Waals surface area contributed by atoms with E-state index < -0.39 is 11.9 Å². The van der Waals surface area contributed by atoms with Gasteiger partial charge in [0.1, 0.15) is 13.2 Å². The first kappa shape index (κ1) is 13.7. The summed E-state index contributed by atoms with van der Waals surface area (Å²) in [4.78, 5) is 30.5. The lowest BCUT2D eigenvalue weighted by Crippen LogP contribution is -2.20. The zero-order valence-electron chi connectivity index (χ0n) is 10.6. The molecule has 0 fully saturated rings. The highest BCUT2D eigenvalue weighted by Gasteiger charge is 2.17. The first-order valence-corrected chi connectivity index (χ1v) is 5.87. The van der Waals surface area contributed by atoms with E-state index in [4.69, 9.17) is 9.47 Å². The zero-order valence-corrected chi connectivity index (χ0v) is 10.6. The fourth-order valence-electron chi connectivity index (χ4n) is 1.38. The topological polar surface area (TPSA) is 78.4 Å². The predicted molar refractivity (Wildman–Crippen MR) is 68.1 cm³/mol. The van der Waals surface area contributed by atoms with Gasteiger partial charge in [-0.2, -0.15) is 0 Å². The molecule has 0 aliphatic heterocycles. The summed E-state index contributed by atoms with van der Waals surface area (Å²) >= 11 is 0. The van der Waals surface area contributed by atoms with Crippen LogP contribution in [-0.4, -0.2) is 21.9 Å². The first-order chi connectivity index (χ1) is 9.75. The molecule has 0 N–H and O–H groups in total. The molecule has 0 bridgehead atoms. The summed E-state index contributed by atoms with van der Waals surface area (Å²) in [6, 6.07) is 6.90. The van der Waals surface area contributed by atoms with E-state index in [1.165, 1.54) is 0 Å². The van der Waals surface area contributed by atoms with Crippen LogP contribution in [0.2, 0.25) is 0 Å². The van der Waals surface area contributed by atoms with Crippen LogP contribution in [0.15, 0.2) is 49.1 Å². The summed E-state index contributed by atoms with van der Waals surface area (Å²) in [5, 5.41) is 0. The minimum Gasteiger partial charge on any atom is -0.452 e. The van der Waals surface area contributed by atoms with Crippen molar-refractivity contribution in [2.75, 3.05) is 0 Å². The van der Waals surface area contributed by atoms with Crippen LogP contribution in [0, 0.1) is 0 Å². The number of pyridine rings is 2. The van der Waals surface area contributed by atoms with Gasteiger partial charge in [-0.05, 0) is 12.1 Å². The Labute approximate surface area is 115 Å². The number of hydrogen-bond donors (Lipinski definition) is 0. The highest BCUT2D eigenvalue weighted by atomic mass is 16.6. The molecule has 6 nitrogen and oxygen atoms in total. The van der Waals surface area contributed by atoms with E-state index in [1.54, 1.807) is 49.1 Å². The second-order valence-corrected chi connectivity index (χ2v) is 3.87. The maximum atomic E-state index is 11.4. The van der Waals surface area contributed by atoms with E-state index in [1.807, 2.05) is 0 Å². The van der Waals surface area contributed by atoms with Gasteiger partial charge in [0, 0.05) is 35.9 Å². The number of nitrogens with zero attached hydrogens (tertiary/aromatic N) is 2. The number of carbonyl (C=O) groups is 2. The normalized spacial score (nSPS) is 9.80. The van der Waals surface area contributed by atoms with E-state index in [0.717, 1.165) is 0 Å². The molecule has 0 aromatic carbocycles. The van der Waals surface area contributed by atoms with Crippen LogP contribution in [0.4, 0.5) is 0 Å². The summed E-state index contributed by atoms with van der Waals surface area (Å²) < 4.78 is 9.62. The Morgan fingerprint density at radius 2 is 1.30 bits per heavy atom.